The van der Waals surface area contributed by atoms with E-state index < -0.39 is 24.5 Å². The van der Waals surface area contributed by atoms with Crippen LogP contribution in [0.3, 0.4) is 0 Å². The Morgan fingerprint density at radius 2 is 1.48 bits per heavy atom. The normalized spacial score (nSPS) is 15.8. The summed E-state index contributed by atoms with van der Waals surface area (Å²) in [5.41, 5.74) is 8.80. The Balaban J connectivity index is 0.000000174. The van der Waals surface area contributed by atoms with Crippen LogP contribution < -0.4 is 0 Å². The number of hydrogen-bond donors (Lipinski definition) is 0. The van der Waals surface area contributed by atoms with Crippen molar-refractivity contribution < 1.29 is 32.7 Å². The van der Waals surface area contributed by atoms with Crippen LogP contribution in [0.1, 0.15) is 108 Å². The van der Waals surface area contributed by atoms with Crippen LogP contribution in [0, 0.1) is 19.0 Å². The first-order valence-corrected chi connectivity index (χ1v) is 21.3. The minimum absolute atomic E-state index is 0. The van der Waals surface area contributed by atoms with E-state index in [0.717, 1.165) is 85.6 Å². The van der Waals surface area contributed by atoms with Crippen molar-refractivity contribution in [2.24, 2.45) is 0 Å². The van der Waals surface area contributed by atoms with Gasteiger partial charge in [0.25, 0.3) is 0 Å². The van der Waals surface area contributed by atoms with Crippen molar-refractivity contribution in [1.29, 1.82) is 0 Å². The molecule has 5 heteroatoms. The molecule has 0 amide bonds. The van der Waals surface area contributed by atoms with Crippen molar-refractivity contribution in [3.63, 3.8) is 0 Å². The predicted molar refractivity (Wildman–Crippen MR) is 255 cm³/mol. The number of fused-ring (bicyclic) bond motifs is 7. The summed E-state index contributed by atoms with van der Waals surface area (Å²) in [6.07, 6.45) is 5.68. The molecule has 7 aromatic carbocycles. The third-order valence-electron chi connectivity index (χ3n) is 12.1. The molecule has 3 heterocycles. The molecule has 11 rings (SSSR count). The summed E-state index contributed by atoms with van der Waals surface area (Å²) in [5, 5.41) is 6.62. The van der Waals surface area contributed by atoms with Crippen LogP contribution in [-0.4, -0.2) is 14.5 Å². The van der Waals surface area contributed by atoms with E-state index >= 15 is 0 Å². The van der Waals surface area contributed by atoms with Gasteiger partial charge in [0.1, 0.15) is 5.58 Å². The average Bonchev–Trinajstić information content (AvgIpc) is 3.89. The van der Waals surface area contributed by atoms with Gasteiger partial charge >= 0.3 is 0 Å². The summed E-state index contributed by atoms with van der Waals surface area (Å²) in [5.74, 6) is -1.83. The number of imidazole rings is 1. The second kappa shape index (κ2) is 17.5. The Kier molecular flexibility index (Phi) is 9.78. The summed E-state index contributed by atoms with van der Waals surface area (Å²) in [4.78, 5) is 9.50. The first kappa shape index (κ1) is 34.7. The van der Waals surface area contributed by atoms with Gasteiger partial charge in [-0.15, -0.1) is 54.1 Å². The average molecular weight is 992 g/mol. The van der Waals surface area contributed by atoms with Crippen LogP contribution in [0.25, 0.3) is 82.8 Å². The number of aromatic nitrogens is 3. The summed E-state index contributed by atoms with van der Waals surface area (Å²) < 4.78 is 59.7. The van der Waals surface area contributed by atoms with Crippen molar-refractivity contribution in [3.05, 3.63) is 174 Å². The number of pyridine rings is 1. The molecule has 4 nitrogen and oxygen atoms in total. The molecule has 0 saturated heterocycles. The van der Waals surface area contributed by atoms with Gasteiger partial charge in [0.15, 0.2) is 0 Å². The van der Waals surface area contributed by atoms with E-state index in [1.165, 1.54) is 17.0 Å². The molecule has 0 spiro atoms. The van der Waals surface area contributed by atoms with Crippen molar-refractivity contribution in [1.82, 2.24) is 14.5 Å². The topological polar surface area (TPSA) is 43.9 Å². The van der Waals surface area contributed by atoms with Gasteiger partial charge in [-0.1, -0.05) is 131 Å². The summed E-state index contributed by atoms with van der Waals surface area (Å²) >= 11 is 0. The molecule has 1 aliphatic rings. The number of benzene rings is 7. The standard InChI is InChI=1S/C32H26NO.C25H25N2.Ir/c1-20-19-33-30(17-27(20)21-8-3-2-4-9-21)26-13-7-12-25-29-16-23-15-14-22-10-5-6-11-24(22)28(23)18-31(29)34-32(25)26;1-17(2)20-13-10-14-21(18(3)4)24(20)27-23-16-9-8-15-22(23)26-25(27)19-11-6-5-7-12-19;/h5-7,10-12,14-19,21H,2-4,8-9H2,1H3;5-11,13-18H,1-4H3;/q2*-1;/i1D3,21D;17D,18D;. The number of furan rings is 1. The van der Waals surface area contributed by atoms with Crippen LogP contribution >= 0.6 is 0 Å². The van der Waals surface area contributed by atoms with Crippen LogP contribution in [0.2, 0.25) is 0 Å². The Labute approximate surface area is 386 Å². The second-order valence-corrected chi connectivity index (χ2v) is 16.6. The summed E-state index contributed by atoms with van der Waals surface area (Å²) in [7, 11) is 0. The molecule has 0 N–H and O–H groups in total. The molecule has 1 saturated carbocycles. The number of aryl methyl sites for hydroxylation is 1. The van der Waals surface area contributed by atoms with E-state index in [-0.39, 0.29) is 25.7 Å². The van der Waals surface area contributed by atoms with Gasteiger partial charge in [-0.25, -0.2) is 0 Å². The van der Waals surface area contributed by atoms with Crippen LogP contribution in [0.5, 0.6) is 0 Å². The van der Waals surface area contributed by atoms with Gasteiger partial charge in [0.05, 0.1) is 22.4 Å². The third kappa shape index (κ3) is 7.56. The number of hydrogen-bond acceptors (Lipinski definition) is 3. The smallest absolute Gasteiger partial charge is 0.121 e. The zero-order valence-electron chi connectivity index (χ0n) is 41.4. The van der Waals surface area contributed by atoms with Gasteiger partial charge in [-0.2, -0.15) is 0 Å². The summed E-state index contributed by atoms with van der Waals surface area (Å²) in [6.45, 7) is 5.23. The van der Waals surface area contributed by atoms with Gasteiger partial charge in [0, 0.05) is 45.6 Å². The molecule has 0 unspecified atom stereocenters. The van der Waals surface area contributed by atoms with E-state index in [4.69, 9.17) is 16.3 Å². The second-order valence-electron chi connectivity index (χ2n) is 16.6. The predicted octanol–water partition coefficient (Wildman–Crippen LogP) is 15.8. The van der Waals surface area contributed by atoms with Crippen LogP contribution in [0.4, 0.5) is 0 Å². The largest absolute Gasteiger partial charge is 0.501 e. The van der Waals surface area contributed by atoms with Crippen molar-refractivity contribution >= 4 is 54.5 Å². The molecule has 0 bridgehead atoms. The first-order chi connectivity index (χ1) is 32.0. The molecular formula is C57H51IrN3O-2. The van der Waals surface area contributed by atoms with Gasteiger partial charge in [0.2, 0.25) is 0 Å². The quantitative estimate of drug-likeness (QED) is 0.123. The molecule has 311 valence electrons. The first-order valence-electron chi connectivity index (χ1n) is 24.3. The third-order valence-corrected chi connectivity index (χ3v) is 12.1. The Morgan fingerprint density at radius 3 is 2.26 bits per heavy atom. The monoisotopic (exact) mass is 992 g/mol. The minimum atomic E-state index is -2.33. The maximum Gasteiger partial charge on any atom is 0.121 e. The molecule has 10 aromatic rings. The van der Waals surface area contributed by atoms with Crippen molar-refractivity contribution in [2.75, 3.05) is 0 Å². The van der Waals surface area contributed by atoms with Gasteiger partial charge in [-0.3, -0.25) is 4.98 Å². The molecule has 1 fully saturated rings. The van der Waals surface area contributed by atoms with E-state index in [2.05, 4.69) is 64.1 Å². The molecule has 1 aliphatic carbocycles. The van der Waals surface area contributed by atoms with E-state index in [0.29, 0.717) is 35.2 Å². The fourth-order valence-electron chi connectivity index (χ4n) is 9.12. The zero-order valence-corrected chi connectivity index (χ0v) is 37.8. The van der Waals surface area contributed by atoms with E-state index in [9.17, 15) is 1.37 Å². The van der Waals surface area contributed by atoms with Crippen LogP contribution in [0.15, 0.2) is 144 Å². The minimum Gasteiger partial charge on any atom is -0.501 e. The van der Waals surface area contributed by atoms with Gasteiger partial charge in [-0.05, 0) is 111 Å². The molecule has 0 atom stereocenters. The SMILES string of the molecule is [2H]C(C)(C)c1cccc(C([2H])(C)C)c1-n1c(-c2[c-]cccc2)nc2ccccc21.[2H]C([2H])([2H])c1cnc(-c2[c-]ccc3c2oc2cc4c(ccc5ccccc54)cc23)cc1C1([2H])CCCCC1.[Ir]. The zero-order chi connectivity index (χ0) is 46.9. The Morgan fingerprint density at radius 1 is 0.726 bits per heavy atom. The van der Waals surface area contributed by atoms with E-state index in [1.54, 1.807) is 0 Å². The number of rotatable bonds is 6. The van der Waals surface area contributed by atoms with Crippen molar-refractivity contribution in [2.45, 2.75) is 84.3 Å². The van der Waals surface area contributed by atoms with Gasteiger partial charge < -0.3 is 14.0 Å². The maximum absolute atomic E-state index is 9.23. The Bertz CT molecular complexity index is 3450. The van der Waals surface area contributed by atoms with Crippen molar-refractivity contribution in [3.8, 4) is 28.3 Å². The number of nitrogens with zero attached hydrogens (tertiary/aromatic N) is 3. The molecule has 3 aromatic heterocycles. The molecule has 1 radical (unpaired) electrons. The fraction of sp³-hybridized carbons (Fsp3) is 0.228. The maximum atomic E-state index is 9.23. The summed E-state index contributed by atoms with van der Waals surface area (Å²) in [6, 6.07) is 50.9. The molecule has 0 aliphatic heterocycles. The molecule has 62 heavy (non-hydrogen) atoms. The fourth-order valence-corrected chi connectivity index (χ4v) is 9.12. The molecular weight excluding hydrogens is 935 g/mol. The number of para-hydroxylation sites is 3. The van der Waals surface area contributed by atoms with Crippen LogP contribution in [-0.2, 0) is 20.1 Å². The Hall–Kier alpha value is -5.87. The van der Waals surface area contributed by atoms with E-state index in [1.807, 2.05) is 119 Å².